The summed E-state index contributed by atoms with van der Waals surface area (Å²) in [5.41, 5.74) is 20.5. The third kappa shape index (κ3) is 25.2. The Balaban J connectivity index is 0.000000119. The van der Waals surface area contributed by atoms with Crippen molar-refractivity contribution >= 4 is 89.5 Å². The highest BCUT2D eigenvalue weighted by molar-refractivity contribution is 7.17. The number of likely N-dealkylation sites (N-methyl/N-ethyl adjacent to an activating group) is 1. The second-order valence-electron chi connectivity index (χ2n) is 37.1. The number of thiazole rings is 4. The summed E-state index contributed by atoms with van der Waals surface area (Å²) in [5, 5.41) is 63.6. The van der Waals surface area contributed by atoms with E-state index >= 15 is 0 Å². The first-order valence-corrected chi connectivity index (χ1v) is 52.4. The summed E-state index contributed by atoms with van der Waals surface area (Å²) >= 11 is 6.36. The Morgan fingerprint density at radius 2 is 0.701 bits per heavy atom. The van der Waals surface area contributed by atoms with Crippen molar-refractivity contribution in [3.63, 3.8) is 0 Å². The van der Waals surface area contributed by atoms with Crippen LogP contribution in [-0.4, -0.2) is 218 Å². The van der Waals surface area contributed by atoms with Crippen molar-refractivity contribution < 1.29 is 33.4 Å². The molecule has 23 rings (SSSR count). The molecule has 8 aromatic carbocycles. The van der Waals surface area contributed by atoms with E-state index in [1.165, 1.54) is 19.5 Å². The summed E-state index contributed by atoms with van der Waals surface area (Å²) in [5.74, 6) is -0.618. The Labute approximate surface area is 866 Å². The van der Waals surface area contributed by atoms with Crippen LogP contribution in [0.4, 0.5) is 20.5 Å². The number of nitriles is 4. The lowest BCUT2D eigenvalue weighted by atomic mass is 9.96. The molecule has 4 N–H and O–H groups in total. The van der Waals surface area contributed by atoms with E-state index in [9.17, 15) is 19.2 Å². The Bertz CT molecular complexity index is 7020. The number of morpholine rings is 3. The molecule has 4 amide bonds. The van der Waals surface area contributed by atoms with E-state index in [-0.39, 0.29) is 23.6 Å². The van der Waals surface area contributed by atoms with Gasteiger partial charge in [-0.3, -0.25) is 59.8 Å². The third-order valence-electron chi connectivity index (χ3n) is 27.1. The van der Waals surface area contributed by atoms with Gasteiger partial charge in [0, 0.05) is 173 Å². The fourth-order valence-electron chi connectivity index (χ4n) is 19.3. The number of rotatable bonds is 23. The molecule has 3 saturated heterocycles. The molecule has 0 bridgehead atoms. The number of nitrogens with zero attached hydrogens (tertiary/aromatic N) is 21. The highest BCUT2D eigenvalue weighted by Gasteiger charge is 2.33. The fourth-order valence-corrected chi connectivity index (χ4v) is 23.6. The van der Waals surface area contributed by atoms with Gasteiger partial charge >= 0.3 is 0 Å². The summed E-state index contributed by atoms with van der Waals surface area (Å²) in [6.07, 6.45) is 23.2. The van der Waals surface area contributed by atoms with Crippen LogP contribution < -0.4 is 21.3 Å². The van der Waals surface area contributed by atoms with Crippen LogP contribution in [0.25, 0.3) is 44.9 Å². The second-order valence-corrected chi connectivity index (χ2v) is 41.5. The lowest BCUT2D eigenvalue weighted by Gasteiger charge is -2.36. The Kier molecular flexibility index (Phi) is 31.5. The van der Waals surface area contributed by atoms with Gasteiger partial charge < -0.3 is 28.2 Å². The molecule has 32 nitrogen and oxygen atoms in total. The number of ether oxygens (including phenoxy) is 3. The first kappa shape index (κ1) is 99.0. The largest absolute Gasteiger partial charge is 0.379 e. The molecule has 0 spiro atoms. The highest BCUT2D eigenvalue weighted by Crippen LogP contribution is 2.38. The number of imidazole rings is 2. The number of aromatic nitrogens is 13. The van der Waals surface area contributed by atoms with Gasteiger partial charge in [0.25, 0.3) is 23.6 Å². The number of anilines is 4. The minimum atomic E-state index is -0.167. The van der Waals surface area contributed by atoms with Crippen molar-refractivity contribution in [2.24, 2.45) is 0 Å². The van der Waals surface area contributed by atoms with Gasteiger partial charge in [-0.15, -0.1) is 50.4 Å². The summed E-state index contributed by atoms with van der Waals surface area (Å²) in [6, 6.07) is 69.9. The first-order chi connectivity index (χ1) is 72.0. The quantitative estimate of drug-likeness (QED) is 0.0462. The molecule has 36 heteroatoms. The Morgan fingerprint density at radius 1 is 0.367 bits per heavy atom. The minimum absolute atomic E-state index is 0.147. The standard InChI is InChI=1S/2C29H28N6O2S.C28H27N7O2S.C25H22N6OS/c30-16-20-4-6-22(7-5-20)24-17-31-35(19-24)18-21-2-1-3-23(14-21)28(36)33-29-32-26-9-8-25(15-27(26)38-29)34-10-12-37-13-11-34;30-16-20-4-6-22(7-5-20)26-18-34(19-31-26)17-21-2-1-3-23(14-21)28(36)33-29-32-25-9-8-24(15-27(25)38-29)35-10-12-37-13-11-35;29-16-19-4-6-21(7-5-19)25-18-35(33-32-25)17-20-2-1-3-22(14-20)27(36)31-28-30-24-9-8-23(15-26(24)38-28)34-10-12-37-13-11-34;1-30-10-9-21-23(15-30)33-25(28-21)29-24(32)20-4-2-3-18(11-20)13-31-14-22(27-16-31)19-7-5-17(12-26)6-8-19/h1-7,14,17,19,25H,8-13,15,18H2,(H,32,33,36);1-7,14,18-19,24H,8-13,15,17H2,(H,32,33,36);1-7,14,18,23H,8-13,15,17H2,(H,30,31,36);2-8,11,14,16H,9-10,13,15H2,1H3,(H,28,29,32)/t25-;24-;23-;/m000./s1. The van der Waals surface area contributed by atoms with Crippen molar-refractivity contribution in [1.82, 2.24) is 83.4 Å². The zero-order valence-electron chi connectivity index (χ0n) is 80.9. The molecule has 3 atom stereocenters. The maximum Gasteiger partial charge on any atom is 0.257 e. The number of carbonyl (C=O) groups excluding carboxylic acids is 4. The van der Waals surface area contributed by atoms with Crippen LogP contribution in [0, 0.1) is 45.3 Å². The van der Waals surface area contributed by atoms with Gasteiger partial charge in [-0.2, -0.15) is 26.1 Å². The molecule has 740 valence electrons. The predicted octanol–water partition coefficient (Wildman–Crippen LogP) is 16.7. The normalized spacial score (nSPS) is 16.6. The van der Waals surface area contributed by atoms with E-state index in [1.807, 2.05) is 190 Å². The lowest BCUT2D eigenvalue weighted by Crippen LogP contribution is -2.45. The zero-order valence-corrected chi connectivity index (χ0v) is 84.2. The first-order valence-electron chi connectivity index (χ1n) is 49.2. The van der Waals surface area contributed by atoms with E-state index in [1.54, 1.807) is 111 Å². The van der Waals surface area contributed by atoms with Crippen LogP contribution in [0.5, 0.6) is 0 Å². The predicted molar refractivity (Wildman–Crippen MR) is 564 cm³/mol. The van der Waals surface area contributed by atoms with Gasteiger partial charge in [-0.1, -0.05) is 102 Å². The van der Waals surface area contributed by atoms with Crippen LogP contribution in [0.3, 0.4) is 0 Å². The van der Waals surface area contributed by atoms with Crippen molar-refractivity contribution in [3.8, 4) is 69.2 Å². The molecule has 8 aromatic heterocycles. The van der Waals surface area contributed by atoms with E-state index < -0.39 is 0 Å². The van der Waals surface area contributed by atoms with E-state index in [0.717, 1.165) is 246 Å². The number of amides is 4. The SMILES string of the molecule is CN1CCc2nc(NC(=O)c3cccc(Cn4cnc(-c5ccc(C#N)cc5)c4)c3)sc2C1.N#Cc1ccc(-c2cn(Cc3cccc(C(=O)Nc4nc5c(s4)C[C@@H](N4CCOCC4)CC5)c3)cn2)cc1.N#Cc1ccc(-c2cn(Cc3cccc(C(=O)Nc4nc5c(s4)C[C@@H](N4CCOCC4)CC5)c3)nn2)cc1.N#Cc1ccc(-c2cnn(Cc3cccc(C(=O)Nc4nc5c(s4)C[C@@H](N4CCOCC4)CC5)c3)c2)cc1. The lowest BCUT2D eigenvalue weighted by molar-refractivity contribution is 0.0138. The zero-order chi connectivity index (χ0) is 100. The van der Waals surface area contributed by atoms with Crippen molar-refractivity contribution in [2.45, 2.75) is 115 Å². The average molecular weight is 2030 g/mol. The van der Waals surface area contributed by atoms with Crippen LogP contribution in [0.2, 0.25) is 0 Å². The number of benzene rings is 8. The fraction of sp³-hybridized carbons (Fsp3) is 0.288. The van der Waals surface area contributed by atoms with Gasteiger partial charge in [0.15, 0.2) is 20.5 Å². The monoisotopic (exact) mass is 2030 g/mol. The maximum atomic E-state index is 13.1. The molecule has 147 heavy (non-hydrogen) atoms. The number of fused-ring (bicyclic) bond motifs is 4. The molecule has 3 fully saturated rings. The van der Waals surface area contributed by atoms with Crippen molar-refractivity contribution in [3.05, 3.63) is 347 Å². The third-order valence-corrected chi connectivity index (χ3v) is 31.2. The number of nitrogens with one attached hydrogen (secondary N) is 4. The molecule has 3 aliphatic carbocycles. The summed E-state index contributed by atoms with van der Waals surface area (Å²) in [7, 11) is 2.10. The number of carbonyl (C=O) groups is 4. The molecule has 7 aliphatic rings. The van der Waals surface area contributed by atoms with Crippen molar-refractivity contribution in [1.29, 1.82) is 21.0 Å². The summed E-state index contributed by atoms with van der Waals surface area (Å²) < 4.78 is 24.1. The average Bonchev–Trinajstić information content (AvgIpc) is 1.67. The van der Waals surface area contributed by atoms with Crippen LogP contribution >= 0.6 is 45.3 Å². The molecule has 0 unspecified atom stereocenters. The van der Waals surface area contributed by atoms with Crippen LogP contribution in [0.1, 0.15) is 147 Å². The number of hydrogen-bond donors (Lipinski definition) is 4. The second kappa shape index (κ2) is 46.8. The Hall–Kier alpha value is -15.4. The number of hydrogen-bond acceptors (Lipinski definition) is 28. The number of aryl methyl sites for hydroxylation is 3. The van der Waals surface area contributed by atoms with E-state index in [2.05, 4.69) is 103 Å². The maximum absolute atomic E-state index is 13.1. The molecule has 12 heterocycles. The van der Waals surface area contributed by atoms with E-state index in [4.69, 9.17) is 50.2 Å². The summed E-state index contributed by atoms with van der Waals surface area (Å²) in [6.45, 7) is 14.9. The van der Waals surface area contributed by atoms with Crippen LogP contribution in [0.15, 0.2) is 238 Å². The topological polar surface area (TPSA) is 388 Å². The molecule has 4 aliphatic heterocycles. The van der Waals surface area contributed by atoms with Gasteiger partial charge in [0.1, 0.15) is 5.69 Å². The smallest absolute Gasteiger partial charge is 0.257 e. The van der Waals surface area contributed by atoms with E-state index in [0.29, 0.717) is 109 Å². The molecular formula is C111H105N25O7S4. The van der Waals surface area contributed by atoms with Crippen molar-refractivity contribution in [2.75, 3.05) is 114 Å². The molecule has 16 aromatic rings. The van der Waals surface area contributed by atoms with Gasteiger partial charge in [0.2, 0.25) is 0 Å². The molecule has 0 radical (unpaired) electrons. The summed E-state index contributed by atoms with van der Waals surface area (Å²) in [4.78, 5) is 94.8. The van der Waals surface area contributed by atoms with Gasteiger partial charge in [-0.05, 0) is 190 Å². The van der Waals surface area contributed by atoms with Gasteiger partial charge in [0.05, 0.1) is 158 Å². The highest BCUT2D eigenvalue weighted by atomic mass is 32.1. The minimum Gasteiger partial charge on any atom is -0.379 e. The van der Waals surface area contributed by atoms with Crippen LogP contribution in [-0.2, 0) is 91.9 Å². The molecule has 0 saturated carbocycles. The Morgan fingerprint density at radius 3 is 1.07 bits per heavy atom. The van der Waals surface area contributed by atoms with Gasteiger partial charge in [-0.25, -0.2) is 34.6 Å². The molecular weight excluding hydrogens is 1920 g/mol.